The largest absolute Gasteiger partial charge is 0.386 e. The van der Waals surface area contributed by atoms with Crippen molar-refractivity contribution in [2.45, 2.75) is 31.3 Å². The third-order valence-electron chi connectivity index (χ3n) is 4.84. The van der Waals surface area contributed by atoms with Gasteiger partial charge >= 0.3 is 0 Å². The number of likely N-dealkylation sites (N-methyl/N-ethyl adjacent to an activating group) is 1. The van der Waals surface area contributed by atoms with Crippen LogP contribution in [0.25, 0.3) is 0 Å². The van der Waals surface area contributed by atoms with Crippen LogP contribution in [0.2, 0.25) is 0 Å². The van der Waals surface area contributed by atoms with Gasteiger partial charge in [-0.05, 0) is 43.0 Å². The number of aryl methyl sites for hydroxylation is 1. The zero-order valence-corrected chi connectivity index (χ0v) is 15.2. The lowest BCUT2D eigenvalue weighted by molar-refractivity contribution is -0.133. The van der Waals surface area contributed by atoms with Crippen LogP contribution in [0.4, 0.5) is 5.82 Å². The van der Waals surface area contributed by atoms with Gasteiger partial charge in [0.1, 0.15) is 5.82 Å². The Morgan fingerprint density at radius 2 is 2.19 bits per heavy atom. The van der Waals surface area contributed by atoms with E-state index in [4.69, 9.17) is 0 Å². The molecule has 6 nitrogen and oxygen atoms in total. The second-order valence-corrected chi connectivity index (χ2v) is 7.05. The van der Waals surface area contributed by atoms with Crippen molar-refractivity contribution in [1.82, 2.24) is 14.9 Å². The maximum atomic E-state index is 12.5. The topological polar surface area (TPSA) is 69.6 Å². The number of rotatable bonds is 6. The smallest absolute Gasteiger partial charge is 0.222 e. The second-order valence-electron chi connectivity index (χ2n) is 7.05. The number of aliphatic hydroxyl groups is 1. The molecule has 0 spiro atoms. The summed E-state index contributed by atoms with van der Waals surface area (Å²) in [5.74, 6) is 0.911. The Bertz CT molecular complexity index is 710. The van der Waals surface area contributed by atoms with Crippen molar-refractivity contribution < 1.29 is 9.90 Å². The summed E-state index contributed by atoms with van der Waals surface area (Å²) in [7, 11) is 1.77. The monoisotopic (exact) mass is 354 g/mol. The van der Waals surface area contributed by atoms with E-state index in [-0.39, 0.29) is 5.91 Å². The lowest BCUT2D eigenvalue weighted by Gasteiger charge is -2.41. The van der Waals surface area contributed by atoms with Crippen LogP contribution in [0.3, 0.4) is 0 Å². The number of β-amino-alcohol motifs (C(OH)–C–C–N with tert-alkyl or cyclic N) is 1. The van der Waals surface area contributed by atoms with E-state index >= 15 is 0 Å². The van der Waals surface area contributed by atoms with Gasteiger partial charge in [-0.3, -0.25) is 9.78 Å². The molecule has 0 bridgehead atoms. The first kappa shape index (κ1) is 18.3. The van der Waals surface area contributed by atoms with Gasteiger partial charge in [0.25, 0.3) is 0 Å². The predicted octanol–water partition coefficient (Wildman–Crippen LogP) is 1.90. The molecule has 1 fully saturated rings. The molecule has 1 unspecified atom stereocenters. The number of carbonyl (C=O) groups excluding carboxylic acids is 1. The first-order chi connectivity index (χ1) is 12.6. The van der Waals surface area contributed by atoms with Gasteiger partial charge in [0, 0.05) is 45.1 Å². The molecule has 1 N–H and O–H groups in total. The molecule has 0 aliphatic carbocycles. The summed E-state index contributed by atoms with van der Waals surface area (Å²) < 4.78 is 0. The van der Waals surface area contributed by atoms with Gasteiger partial charge in [-0.25, -0.2) is 4.98 Å². The number of nitrogens with zero attached hydrogens (tertiary/aromatic N) is 4. The van der Waals surface area contributed by atoms with Gasteiger partial charge in [0.05, 0.1) is 12.1 Å². The van der Waals surface area contributed by atoms with Crippen LogP contribution in [0, 0.1) is 0 Å². The van der Waals surface area contributed by atoms with E-state index < -0.39 is 5.60 Å². The molecule has 0 aromatic carbocycles. The van der Waals surface area contributed by atoms with E-state index in [9.17, 15) is 9.90 Å². The average Bonchev–Trinajstić information content (AvgIpc) is 2.67. The van der Waals surface area contributed by atoms with Crippen LogP contribution in [0.5, 0.6) is 0 Å². The summed E-state index contributed by atoms with van der Waals surface area (Å²) in [5.41, 5.74) is 0.140. The van der Waals surface area contributed by atoms with Gasteiger partial charge in [-0.2, -0.15) is 0 Å². The van der Waals surface area contributed by atoms with Crippen LogP contribution >= 0.6 is 0 Å². The molecular weight excluding hydrogens is 328 g/mol. The molecule has 1 aliphatic heterocycles. The number of carbonyl (C=O) groups is 1. The Morgan fingerprint density at radius 3 is 2.92 bits per heavy atom. The molecular formula is C20H26N4O2. The number of piperidine rings is 1. The Kier molecular flexibility index (Phi) is 5.83. The first-order valence-electron chi connectivity index (χ1n) is 9.07. The summed E-state index contributed by atoms with van der Waals surface area (Å²) in [6.45, 7) is 1.70. The van der Waals surface area contributed by atoms with Gasteiger partial charge < -0.3 is 14.9 Å². The maximum Gasteiger partial charge on any atom is 0.222 e. The standard InChI is InChI=1S/C20H26N4O2/c1-23(19(25)9-8-17-6-4-11-21-14-17)15-20(26)10-5-13-24(16-20)18-7-2-3-12-22-18/h2-4,6-7,11-12,14,26H,5,8-10,13,15-16H2,1H3. The fourth-order valence-electron chi connectivity index (χ4n) is 3.50. The van der Waals surface area contributed by atoms with E-state index in [1.807, 2.05) is 30.3 Å². The van der Waals surface area contributed by atoms with E-state index in [1.54, 1.807) is 30.5 Å². The predicted molar refractivity (Wildman–Crippen MR) is 101 cm³/mol. The molecule has 138 valence electrons. The summed E-state index contributed by atoms with van der Waals surface area (Å²) in [5, 5.41) is 11.0. The van der Waals surface area contributed by atoms with Crippen LogP contribution in [0.15, 0.2) is 48.9 Å². The normalized spacial score (nSPS) is 20.0. The Hall–Kier alpha value is -2.47. The minimum absolute atomic E-state index is 0.0391. The molecule has 2 aromatic heterocycles. The van der Waals surface area contributed by atoms with Crippen molar-refractivity contribution >= 4 is 11.7 Å². The highest BCUT2D eigenvalue weighted by Gasteiger charge is 2.35. The fraction of sp³-hybridized carbons (Fsp3) is 0.450. The van der Waals surface area contributed by atoms with Crippen molar-refractivity contribution in [2.75, 3.05) is 31.6 Å². The van der Waals surface area contributed by atoms with Crippen molar-refractivity contribution in [1.29, 1.82) is 0 Å². The molecule has 1 saturated heterocycles. The number of anilines is 1. The molecule has 3 heterocycles. The fourth-order valence-corrected chi connectivity index (χ4v) is 3.50. The van der Waals surface area contributed by atoms with Crippen LogP contribution in [-0.4, -0.2) is 58.2 Å². The van der Waals surface area contributed by atoms with E-state index in [2.05, 4.69) is 14.9 Å². The summed E-state index contributed by atoms with van der Waals surface area (Å²) >= 11 is 0. The Labute approximate surface area is 154 Å². The third kappa shape index (κ3) is 4.79. The van der Waals surface area contributed by atoms with E-state index in [0.29, 0.717) is 32.4 Å². The molecule has 2 aromatic rings. The number of hydrogen-bond acceptors (Lipinski definition) is 5. The number of hydrogen-bond donors (Lipinski definition) is 1. The minimum Gasteiger partial charge on any atom is -0.386 e. The highest BCUT2D eigenvalue weighted by atomic mass is 16.3. The summed E-state index contributed by atoms with van der Waals surface area (Å²) in [6, 6.07) is 9.63. The van der Waals surface area contributed by atoms with Crippen molar-refractivity contribution in [3.05, 3.63) is 54.5 Å². The molecule has 26 heavy (non-hydrogen) atoms. The van der Waals surface area contributed by atoms with Crippen molar-refractivity contribution in [3.8, 4) is 0 Å². The zero-order chi connectivity index (χ0) is 18.4. The lowest BCUT2D eigenvalue weighted by atomic mass is 9.92. The summed E-state index contributed by atoms with van der Waals surface area (Å²) in [4.78, 5) is 24.6. The van der Waals surface area contributed by atoms with Crippen molar-refractivity contribution in [2.24, 2.45) is 0 Å². The SMILES string of the molecule is CN(CC1(O)CCCN(c2ccccn2)C1)C(=O)CCc1cccnc1. The Morgan fingerprint density at radius 1 is 1.31 bits per heavy atom. The second kappa shape index (κ2) is 8.27. The number of aromatic nitrogens is 2. The summed E-state index contributed by atoms with van der Waals surface area (Å²) in [6.07, 6.45) is 7.92. The van der Waals surface area contributed by atoms with Crippen LogP contribution in [-0.2, 0) is 11.2 Å². The highest BCUT2D eigenvalue weighted by molar-refractivity contribution is 5.76. The minimum atomic E-state index is -0.908. The molecule has 0 saturated carbocycles. The highest BCUT2D eigenvalue weighted by Crippen LogP contribution is 2.25. The number of amides is 1. The molecule has 1 amide bonds. The molecule has 3 rings (SSSR count). The number of pyridine rings is 2. The van der Waals surface area contributed by atoms with E-state index in [1.165, 1.54) is 0 Å². The van der Waals surface area contributed by atoms with Gasteiger partial charge in [0.15, 0.2) is 0 Å². The zero-order valence-electron chi connectivity index (χ0n) is 15.2. The van der Waals surface area contributed by atoms with Crippen LogP contribution in [0.1, 0.15) is 24.8 Å². The molecule has 0 radical (unpaired) electrons. The average molecular weight is 354 g/mol. The third-order valence-corrected chi connectivity index (χ3v) is 4.84. The maximum absolute atomic E-state index is 12.5. The van der Waals surface area contributed by atoms with Crippen molar-refractivity contribution in [3.63, 3.8) is 0 Å². The van der Waals surface area contributed by atoms with E-state index in [0.717, 1.165) is 24.3 Å². The Balaban J connectivity index is 1.55. The van der Waals surface area contributed by atoms with Crippen LogP contribution < -0.4 is 4.90 Å². The molecule has 1 aliphatic rings. The molecule has 6 heteroatoms. The first-order valence-corrected chi connectivity index (χ1v) is 9.07. The van der Waals surface area contributed by atoms with Gasteiger partial charge in [-0.1, -0.05) is 12.1 Å². The molecule has 1 atom stereocenters. The van der Waals surface area contributed by atoms with Gasteiger partial charge in [-0.15, -0.1) is 0 Å². The quantitative estimate of drug-likeness (QED) is 0.858. The lowest BCUT2D eigenvalue weighted by Crippen LogP contribution is -2.54. The van der Waals surface area contributed by atoms with Gasteiger partial charge in [0.2, 0.25) is 5.91 Å².